The Morgan fingerprint density at radius 2 is 1.84 bits per heavy atom. The molecule has 1 aliphatic heterocycles. The molecule has 5 nitrogen and oxygen atoms in total. The zero-order valence-electron chi connectivity index (χ0n) is 20.0. The first-order chi connectivity index (χ1) is 15.4. The van der Waals surface area contributed by atoms with Crippen molar-refractivity contribution in [1.29, 1.82) is 0 Å². The maximum Gasteiger partial charge on any atom is 0.239 e. The summed E-state index contributed by atoms with van der Waals surface area (Å²) in [7, 11) is 1.71. The number of carbonyl (C=O) groups excluding carboxylic acids is 1. The van der Waals surface area contributed by atoms with Gasteiger partial charge in [-0.3, -0.25) is 9.69 Å². The van der Waals surface area contributed by atoms with Crippen molar-refractivity contribution in [3.63, 3.8) is 0 Å². The second-order valence-electron chi connectivity index (χ2n) is 8.54. The van der Waals surface area contributed by atoms with Crippen LogP contribution in [-0.2, 0) is 17.9 Å². The maximum atomic E-state index is 13.3. The lowest BCUT2D eigenvalue weighted by atomic mass is 10.0. The SMILES string of the molecule is CCN(CC)C(=O)[C@@H]1C[C@H](NCc2ccc(OC)c(C)c2C)CN1Cc1ccccc1Cl. The fourth-order valence-electron chi connectivity index (χ4n) is 4.59. The first-order valence-electron chi connectivity index (χ1n) is 11.5. The number of ether oxygens (including phenoxy) is 1. The minimum Gasteiger partial charge on any atom is -0.496 e. The summed E-state index contributed by atoms with van der Waals surface area (Å²) >= 11 is 6.43. The molecule has 1 fully saturated rings. The van der Waals surface area contributed by atoms with E-state index in [2.05, 4.69) is 30.1 Å². The van der Waals surface area contributed by atoms with Gasteiger partial charge in [0.1, 0.15) is 5.75 Å². The van der Waals surface area contributed by atoms with Gasteiger partial charge in [-0.05, 0) is 68.5 Å². The summed E-state index contributed by atoms with van der Waals surface area (Å²) in [6.45, 7) is 12.0. The molecule has 0 saturated carbocycles. The summed E-state index contributed by atoms with van der Waals surface area (Å²) in [6, 6.07) is 12.2. The van der Waals surface area contributed by atoms with Gasteiger partial charge in [0.25, 0.3) is 0 Å². The Bertz CT molecular complexity index is 929. The number of rotatable bonds is 9. The third-order valence-electron chi connectivity index (χ3n) is 6.75. The van der Waals surface area contributed by atoms with Gasteiger partial charge in [0.05, 0.1) is 13.2 Å². The fourth-order valence-corrected chi connectivity index (χ4v) is 4.79. The zero-order valence-corrected chi connectivity index (χ0v) is 20.7. The molecule has 0 aromatic heterocycles. The van der Waals surface area contributed by atoms with E-state index in [0.29, 0.717) is 6.54 Å². The predicted molar refractivity (Wildman–Crippen MR) is 131 cm³/mol. The van der Waals surface area contributed by atoms with Gasteiger partial charge in [0, 0.05) is 43.8 Å². The van der Waals surface area contributed by atoms with Gasteiger partial charge in [-0.15, -0.1) is 0 Å². The molecule has 0 unspecified atom stereocenters. The van der Waals surface area contributed by atoms with Gasteiger partial charge in [0.15, 0.2) is 0 Å². The normalized spacial score (nSPS) is 18.7. The molecular formula is C26H36ClN3O2. The lowest BCUT2D eigenvalue weighted by Gasteiger charge is -2.29. The zero-order chi connectivity index (χ0) is 23.3. The molecule has 1 N–H and O–H groups in total. The number of nitrogens with one attached hydrogen (secondary N) is 1. The molecule has 0 aliphatic carbocycles. The molecule has 1 amide bonds. The van der Waals surface area contributed by atoms with Gasteiger partial charge >= 0.3 is 0 Å². The van der Waals surface area contributed by atoms with Crippen LogP contribution in [0.1, 0.15) is 42.5 Å². The fraction of sp³-hybridized carbons (Fsp3) is 0.500. The molecule has 3 rings (SSSR count). The minimum atomic E-state index is -0.137. The van der Waals surface area contributed by atoms with Crippen LogP contribution in [0.5, 0.6) is 5.75 Å². The van der Waals surface area contributed by atoms with E-state index in [1.807, 2.05) is 49.1 Å². The monoisotopic (exact) mass is 457 g/mol. The van der Waals surface area contributed by atoms with Crippen LogP contribution in [0.3, 0.4) is 0 Å². The number of likely N-dealkylation sites (tertiary alicyclic amines) is 1. The van der Waals surface area contributed by atoms with Gasteiger partial charge in [-0.2, -0.15) is 0 Å². The highest BCUT2D eigenvalue weighted by atomic mass is 35.5. The summed E-state index contributed by atoms with van der Waals surface area (Å²) in [5, 5.41) is 4.46. The van der Waals surface area contributed by atoms with Crippen molar-refractivity contribution >= 4 is 17.5 Å². The van der Waals surface area contributed by atoms with Gasteiger partial charge in [-0.25, -0.2) is 0 Å². The molecule has 32 heavy (non-hydrogen) atoms. The Balaban J connectivity index is 1.74. The van der Waals surface area contributed by atoms with Crippen molar-refractivity contribution in [2.75, 3.05) is 26.7 Å². The number of benzene rings is 2. The van der Waals surface area contributed by atoms with Gasteiger partial charge in [0.2, 0.25) is 5.91 Å². The van der Waals surface area contributed by atoms with Crippen LogP contribution in [0.4, 0.5) is 0 Å². The lowest BCUT2D eigenvalue weighted by Crippen LogP contribution is -2.45. The number of amides is 1. The predicted octanol–water partition coefficient (Wildman–Crippen LogP) is 4.57. The first-order valence-corrected chi connectivity index (χ1v) is 11.9. The second kappa shape index (κ2) is 11.2. The number of methoxy groups -OCH3 is 1. The van der Waals surface area contributed by atoms with E-state index >= 15 is 0 Å². The molecule has 1 heterocycles. The third-order valence-corrected chi connectivity index (χ3v) is 7.11. The largest absolute Gasteiger partial charge is 0.496 e. The number of halogens is 1. The van der Waals surface area contributed by atoms with Crippen molar-refractivity contribution in [3.8, 4) is 5.75 Å². The van der Waals surface area contributed by atoms with Crippen LogP contribution in [0.2, 0.25) is 5.02 Å². The van der Waals surface area contributed by atoms with Crippen molar-refractivity contribution in [1.82, 2.24) is 15.1 Å². The first kappa shape index (κ1) is 24.6. The summed E-state index contributed by atoms with van der Waals surface area (Å²) in [6.07, 6.45) is 0.800. The van der Waals surface area contributed by atoms with Crippen LogP contribution in [0.15, 0.2) is 36.4 Å². The van der Waals surface area contributed by atoms with Crippen LogP contribution < -0.4 is 10.1 Å². The van der Waals surface area contributed by atoms with E-state index < -0.39 is 0 Å². The maximum absolute atomic E-state index is 13.3. The number of hydrogen-bond acceptors (Lipinski definition) is 4. The molecule has 2 aromatic carbocycles. The lowest BCUT2D eigenvalue weighted by molar-refractivity contribution is -0.135. The van der Waals surface area contributed by atoms with E-state index in [1.54, 1.807) is 7.11 Å². The highest BCUT2D eigenvalue weighted by Crippen LogP contribution is 2.27. The van der Waals surface area contributed by atoms with Crippen LogP contribution in [-0.4, -0.2) is 54.5 Å². The second-order valence-corrected chi connectivity index (χ2v) is 8.94. The molecule has 2 atom stereocenters. The number of hydrogen-bond donors (Lipinski definition) is 1. The van der Waals surface area contributed by atoms with E-state index in [-0.39, 0.29) is 18.0 Å². The van der Waals surface area contributed by atoms with Gasteiger partial charge < -0.3 is 15.0 Å². The van der Waals surface area contributed by atoms with E-state index in [0.717, 1.165) is 48.9 Å². The van der Waals surface area contributed by atoms with Crippen molar-refractivity contribution in [3.05, 3.63) is 63.7 Å². The topological polar surface area (TPSA) is 44.8 Å². The number of nitrogens with zero attached hydrogens (tertiary/aromatic N) is 2. The van der Waals surface area contributed by atoms with Crippen LogP contribution in [0.25, 0.3) is 0 Å². The molecular weight excluding hydrogens is 422 g/mol. The Morgan fingerprint density at radius 3 is 2.50 bits per heavy atom. The summed E-state index contributed by atoms with van der Waals surface area (Å²) < 4.78 is 5.44. The average molecular weight is 458 g/mol. The minimum absolute atomic E-state index is 0.137. The quantitative estimate of drug-likeness (QED) is 0.599. The van der Waals surface area contributed by atoms with Crippen molar-refractivity contribution in [2.45, 2.75) is 59.3 Å². The number of carbonyl (C=O) groups is 1. The smallest absolute Gasteiger partial charge is 0.239 e. The molecule has 0 spiro atoms. The standard InChI is InChI=1S/C26H36ClN3O2/c1-6-29(7-2)26(31)24-14-22(17-30(24)16-21-10-8-9-11-23(21)27)28-15-20-12-13-25(32-5)19(4)18(20)3/h8-13,22,24,28H,6-7,14-17H2,1-5H3/t22-,24-/m0/s1. The van der Waals surface area contributed by atoms with E-state index in [1.165, 1.54) is 16.7 Å². The Labute approximate surface area is 197 Å². The highest BCUT2D eigenvalue weighted by Gasteiger charge is 2.38. The molecule has 1 aliphatic rings. The number of likely N-dealkylation sites (N-methyl/N-ethyl adjacent to an activating group) is 1. The molecule has 2 aromatic rings. The summed E-state index contributed by atoms with van der Waals surface area (Å²) in [5.74, 6) is 1.13. The Kier molecular flexibility index (Phi) is 8.57. The Morgan fingerprint density at radius 1 is 1.12 bits per heavy atom. The van der Waals surface area contributed by atoms with Crippen LogP contribution >= 0.6 is 11.6 Å². The van der Waals surface area contributed by atoms with Gasteiger partial charge in [-0.1, -0.05) is 35.9 Å². The van der Waals surface area contributed by atoms with Crippen molar-refractivity contribution in [2.24, 2.45) is 0 Å². The highest BCUT2D eigenvalue weighted by molar-refractivity contribution is 6.31. The van der Waals surface area contributed by atoms with E-state index in [9.17, 15) is 4.79 Å². The van der Waals surface area contributed by atoms with Crippen molar-refractivity contribution < 1.29 is 9.53 Å². The molecule has 0 radical (unpaired) electrons. The molecule has 174 valence electrons. The average Bonchev–Trinajstić information content (AvgIpc) is 3.19. The van der Waals surface area contributed by atoms with Crippen LogP contribution in [0, 0.1) is 13.8 Å². The van der Waals surface area contributed by atoms with E-state index in [4.69, 9.17) is 16.3 Å². The molecule has 6 heteroatoms. The third kappa shape index (κ3) is 5.45. The summed E-state index contributed by atoms with van der Waals surface area (Å²) in [5.41, 5.74) is 4.75. The molecule has 0 bridgehead atoms. The molecule has 1 saturated heterocycles. The summed E-state index contributed by atoms with van der Waals surface area (Å²) in [4.78, 5) is 17.5. The Hall–Kier alpha value is -2.08.